The molecule has 1 aliphatic heterocycles. The number of piperidine rings is 1. The van der Waals surface area contributed by atoms with Crippen LogP contribution in [0.3, 0.4) is 0 Å². The highest BCUT2D eigenvalue weighted by Crippen LogP contribution is 2.27. The normalized spacial score (nSPS) is 18.7. The van der Waals surface area contributed by atoms with Crippen molar-refractivity contribution in [2.24, 2.45) is 11.8 Å². The van der Waals surface area contributed by atoms with Crippen molar-refractivity contribution in [1.82, 2.24) is 20.0 Å². The molecule has 12 heteroatoms. The number of hydrogen-bond donors (Lipinski definition) is 4. The maximum atomic E-state index is 13.0. The third-order valence-corrected chi connectivity index (χ3v) is 7.59. The number of rotatable bonds is 6. The lowest BCUT2D eigenvalue weighted by Crippen LogP contribution is -2.42. The van der Waals surface area contributed by atoms with Crippen molar-refractivity contribution in [3.63, 3.8) is 0 Å². The fraction of sp³-hybridized carbons (Fsp3) is 0.304. The van der Waals surface area contributed by atoms with Gasteiger partial charge in [0.1, 0.15) is 5.84 Å². The molecule has 0 aliphatic carbocycles. The standard InChI is InChI=1S/C23H26N6O5S/c1-14-10-15(2)13-29(12-14)35(32,33)19-8-6-16(7-9-19)21(30)25-23-27-26-22(34-23)18-5-3-4-17(11-18)20(24)28-31/h3-9,11,14-15,31H,10,12-13H2,1-2H3,(H2,24,28)(H,25,27,30)/t14-,15+. The van der Waals surface area contributed by atoms with Crippen molar-refractivity contribution >= 4 is 27.8 Å². The van der Waals surface area contributed by atoms with Gasteiger partial charge in [-0.3, -0.25) is 26.2 Å². The van der Waals surface area contributed by atoms with E-state index in [1.54, 1.807) is 29.7 Å². The molecule has 3 aromatic rings. The predicted octanol–water partition coefficient (Wildman–Crippen LogP) is 2.96. The van der Waals surface area contributed by atoms with Gasteiger partial charge in [-0.2, -0.15) is 4.31 Å². The molecule has 184 valence electrons. The number of hydrogen-bond acceptors (Lipinski definition) is 8. The summed E-state index contributed by atoms with van der Waals surface area (Å²) in [6, 6.07) is 12.1. The van der Waals surface area contributed by atoms with Crippen LogP contribution in [0, 0.1) is 17.2 Å². The number of nitrogens with one attached hydrogen (secondary N) is 3. The number of amidine groups is 1. The van der Waals surface area contributed by atoms with Crippen LogP contribution < -0.4 is 10.8 Å². The van der Waals surface area contributed by atoms with E-state index in [1.807, 2.05) is 13.8 Å². The second kappa shape index (κ2) is 9.94. The maximum Gasteiger partial charge on any atom is 0.322 e. The van der Waals surface area contributed by atoms with Crippen LogP contribution in [0.2, 0.25) is 0 Å². The largest absolute Gasteiger partial charge is 0.403 e. The predicted molar refractivity (Wildman–Crippen MR) is 128 cm³/mol. The van der Waals surface area contributed by atoms with Crippen LogP contribution in [-0.4, -0.2) is 53.0 Å². The third-order valence-electron chi connectivity index (χ3n) is 5.75. The molecule has 4 rings (SSSR count). The maximum absolute atomic E-state index is 13.0. The molecule has 1 aromatic heterocycles. The van der Waals surface area contributed by atoms with Crippen molar-refractivity contribution in [1.29, 1.82) is 5.41 Å². The first-order valence-corrected chi connectivity index (χ1v) is 12.5. The van der Waals surface area contributed by atoms with Gasteiger partial charge in [0.15, 0.2) is 0 Å². The Morgan fingerprint density at radius 1 is 1.09 bits per heavy atom. The van der Waals surface area contributed by atoms with Crippen LogP contribution in [0.25, 0.3) is 11.5 Å². The first-order chi connectivity index (χ1) is 16.7. The summed E-state index contributed by atoms with van der Waals surface area (Å²) < 4.78 is 33.1. The minimum atomic E-state index is -3.64. The SMILES string of the molecule is C[C@@H]1C[C@H](C)CN(S(=O)(=O)c2ccc(C(=O)Nc3nnc(-c4cccc(C(=N)NO)c4)o3)cc2)C1. The lowest BCUT2D eigenvalue weighted by Gasteiger charge is -2.34. The van der Waals surface area contributed by atoms with Crippen LogP contribution in [0.4, 0.5) is 6.01 Å². The van der Waals surface area contributed by atoms with Gasteiger partial charge in [0, 0.05) is 29.8 Å². The molecular weight excluding hydrogens is 472 g/mol. The summed E-state index contributed by atoms with van der Waals surface area (Å²) in [7, 11) is -3.64. The third kappa shape index (κ3) is 5.39. The summed E-state index contributed by atoms with van der Waals surface area (Å²) in [4.78, 5) is 12.8. The molecule has 2 heterocycles. The van der Waals surface area contributed by atoms with Gasteiger partial charge in [-0.15, -0.1) is 5.10 Å². The van der Waals surface area contributed by atoms with E-state index in [4.69, 9.17) is 15.0 Å². The van der Waals surface area contributed by atoms with Gasteiger partial charge >= 0.3 is 6.01 Å². The molecule has 2 atom stereocenters. The van der Waals surface area contributed by atoms with E-state index in [9.17, 15) is 13.2 Å². The highest BCUT2D eigenvalue weighted by molar-refractivity contribution is 7.89. The van der Waals surface area contributed by atoms with Crippen LogP contribution in [0.5, 0.6) is 0 Å². The zero-order valence-electron chi connectivity index (χ0n) is 19.2. The van der Waals surface area contributed by atoms with Crippen LogP contribution >= 0.6 is 0 Å². The molecule has 1 aliphatic rings. The van der Waals surface area contributed by atoms with Gasteiger partial charge in [0.25, 0.3) is 5.91 Å². The summed E-state index contributed by atoms with van der Waals surface area (Å²) in [5.74, 6) is -0.0453. The quantitative estimate of drug-likeness (QED) is 0.229. The summed E-state index contributed by atoms with van der Waals surface area (Å²) in [5, 5.41) is 26.7. The molecule has 11 nitrogen and oxygen atoms in total. The number of carbonyl (C=O) groups is 1. The number of amides is 1. The van der Waals surface area contributed by atoms with Gasteiger partial charge in [-0.1, -0.05) is 31.1 Å². The minimum Gasteiger partial charge on any atom is -0.403 e. The molecule has 0 saturated carbocycles. The molecule has 0 bridgehead atoms. The Morgan fingerprint density at radius 2 is 1.77 bits per heavy atom. The Balaban J connectivity index is 1.45. The zero-order valence-corrected chi connectivity index (χ0v) is 20.0. The van der Waals surface area contributed by atoms with Gasteiger partial charge in [0.2, 0.25) is 15.9 Å². The minimum absolute atomic E-state index is 0.110. The van der Waals surface area contributed by atoms with Crippen molar-refractivity contribution in [3.8, 4) is 11.5 Å². The first-order valence-electron chi connectivity index (χ1n) is 11.0. The van der Waals surface area contributed by atoms with E-state index in [0.717, 1.165) is 6.42 Å². The van der Waals surface area contributed by atoms with Crippen molar-refractivity contribution in [3.05, 3.63) is 59.7 Å². The lowest BCUT2D eigenvalue weighted by atomic mass is 9.94. The first kappa shape index (κ1) is 24.5. The Hall–Kier alpha value is -3.61. The van der Waals surface area contributed by atoms with E-state index >= 15 is 0 Å². The van der Waals surface area contributed by atoms with Crippen molar-refractivity contribution in [2.45, 2.75) is 25.2 Å². The number of nitrogens with zero attached hydrogens (tertiary/aromatic N) is 3. The fourth-order valence-corrected chi connectivity index (χ4v) is 5.84. The Morgan fingerprint density at radius 3 is 2.43 bits per heavy atom. The van der Waals surface area contributed by atoms with Crippen LogP contribution in [-0.2, 0) is 10.0 Å². The number of benzene rings is 2. The number of hydroxylamine groups is 1. The van der Waals surface area contributed by atoms with E-state index in [0.29, 0.717) is 36.1 Å². The zero-order chi connectivity index (χ0) is 25.2. The molecule has 1 fully saturated rings. The average Bonchev–Trinajstić information content (AvgIpc) is 3.31. The summed E-state index contributed by atoms with van der Waals surface area (Å²) >= 11 is 0. The summed E-state index contributed by atoms with van der Waals surface area (Å²) in [5.41, 5.74) is 2.89. The van der Waals surface area contributed by atoms with E-state index < -0.39 is 15.9 Å². The molecule has 1 saturated heterocycles. The van der Waals surface area contributed by atoms with E-state index in [-0.39, 0.29) is 28.2 Å². The van der Waals surface area contributed by atoms with Crippen LogP contribution in [0.1, 0.15) is 36.2 Å². The lowest BCUT2D eigenvalue weighted by molar-refractivity contribution is 0.102. The monoisotopic (exact) mass is 498 g/mol. The molecule has 2 aromatic carbocycles. The highest BCUT2D eigenvalue weighted by atomic mass is 32.2. The summed E-state index contributed by atoms with van der Waals surface area (Å²) in [6.45, 7) is 5.05. The topological polar surface area (TPSA) is 162 Å². The smallest absolute Gasteiger partial charge is 0.322 e. The van der Waals surface area contributed by atoms with Gasteiger partial charge in [-0.05, 0) is 54.7 Å². The van der Waals surface area contributed by atoms with Gasteiger partial charge < -0.3 is 4.42 Å². The second-order valence-electron chi connectivity index (χ2n) is 8.73. The molecule has 0 unspecified atom stereocenters. The number of anilines is 1. The Kier molecular flexibility index (Phi) is 6.96. The van der Waals surface area contributed by atoms with Crippen molar-refractivity contribution in [2.75, 3.05) is 18.4 Å². The van der Waals surface area contributed by atoms with Crippen LogP contribution in [0.15, 0.2) is 57.8 Å². The number of carbonyl (C=O) groups excluding carboxylic acids is 1. The van der Waals surface area contributed by atoms with Gasteiger partial charge in [-0.25, -0.2) is 8.42 Å². The molecule has 4 N–H and O–H groups in total. The molecule has 35 heavy (non-hydrogen) atoms. The Labute approximate surface area is 202 Å². The summed E-state index contributed by atoms with van der Waals surface area (Å²) in [6.07, 6.45) is 0.998. The number of sulfonamides is 1. The second-order valence-corrected chi connectivity index (χ2v) is 10.7. The molecule has 1 amide bonds. The average molecular weight is 499 g/mol. The molecular formula is C23H26N6O5S. The highest BCUT2D eigenvalue weighted by Gasteiger charge is 2.31. The molecule has 0 spiro atoms. The number of aromatic nitrogens is 2. The molecule has 0 radical (unpaired) electrons. The van der Waals surface area contributed by atoms with E-state index in [1.165, 1.54) is 28.6 Å². The fourth-order valence-electron chi connectivity index (χ4n) is 4.16. The van der Waals surface area contributed by atoms with Crippen molar-refractivity contribution < 1.29 is 22.8 Å². The Bertz CT molecular complexity index is 1330. The van der Waals surface area contributed by atoms with E-state index in [2.05, 4.69) is 15.5 Å². The van der Waals surface area contributed by atoms with Gasteiger partial charge in [0.05, 0.1) is 4.90 Å².